The Morgan fingerprint density at radius 2 is 2.21 bits per heavy atom. The molecule has 0 atom stereocenters. The Hall–Kier alpha value is -0.910. The molecule has 0 spiro atoms. The minimum atomic E-state index is 0.572. The zero-order valence-electron chi connectivity index (χ0n) is 11.1. The van der Waals surface area contributed by atoms with Crippen molar-refractivity contribution in [1.29, 1.82) is 0 Å². The Bertz CT molecular complexity index is 542. The first-order valence-electron chi connectivity index (χ1n) is 6.22. The van der Waals surface area contributed by atoms with Crippen molar-refractivity contribution in [3.05, 3.63) is 44.3 Å². The normalized spacial score (nSPS) is 10.7. The molecule has 2 aromatic heterocycles. The van der Waals surface area contributed by atoms with Gasteiger partial charge in [0.2, 0.25) is 0 Å². The number of rotatable bonds is 6. The number of aryl methyl sites for hydroxylation is 1. The molecular weight excluding hydrogens is 324 g/mol. The van der Waals surface area contributed by atoms with Crippen molar-refractivity contribution in [3.8, 4) is 5.75 Å². The van der Waals surface area contributed by atoms with Crippen LogP contribution in [0.4, 0.5) is 0 Å². The Morgan fingerprint density at radius 3 is 2.89 bits per heavy atom. The van der Waals surface area contributed by atoms with Crippen LogP contribution in [-0.2, 0) is 13.2 Å². The number of thiophene rings is 1. The lowest BCUT2D eigenvalue weighted by Gasteiger charge is -2.11. The molecule has 0 aliphatic heterocycles. The van der Waals surface area contributed by atoms with Gasteiger partial charge in [0.1, 0.15) is 12.4 Å². The van der Waals surface area contributed by atoms with Gasteiger partial charge in [-0.25, -0.2) is 0 Å². The van der Waals surface area contributed by atoms with E-state index in [4.69, 9.17) is 4.74 Å². The summed E-state index contributed by atoms with van der Waals surface area (Å²) in [5.74, 6) is 0.854. The molecule has 0 radical (unpaired) electrons. The first-order valence-corrected chi connectivity index (χ1v) is 7.90. The van der Waals surface area contributed by atoms with Crippen LogP contribution in [0.1, 0.15) is 23.2 Å². The summed E-state index contributed by atoms with van der Waals surface area (Å²) in [4.78, 5) is 5.73. The predicted octanol–water partition coefficient (Wildman–Crippen LogP) is 3.90. The van der Waals surface area contributed by atoms with Crippen LogP contribution < -0.4 is 10.1 Å². The molecule has 0 saturated carbocycles. The fourth-order valence-corrected chi connectivity index (χ4v) is 3.05. The quantitative estimate of drug-likeness (QED) is 0.865. The molecule has 2 heterocycles. The number of ether oxygens (including phenoxy) is 1. The molecule has 19 heavy (non-hydrogen) atoms. The van der Waals surface area contributed by atoms with Gasteiger partial charge in [-0.15, -0.1) is 11.3 Å². The molecule has 3 nitrogen and oxygen atoms in total. The topological polar surface area (TPSA) is 34.2 Å². The van der Waals surface area contributed by atoms with Crippen LogP contribution in [0.3, 0.4) is 0 Å². The van der Waals surface area contributed by atoms with Gasteiger partial charge in [-0.1, -0.05) is 6.92 Å². The monoisotopic (exact) mass is 340 g/mol. The summed E-state index contributed by atoms with van der Waals surface area (Å²) in [6.07, 6.45) is 0. The minimum Gasteiger partial charge on any atom is -0.486 e. The number of hydrogen-bond donors (Lipinski definition) is 1. The summed E-state index contributed by atoms with van der Waals surface area (Å²) in [5.41, 5.74) is 1.98. The van der Waals surface area contributed by atoms with E-state index in [1.807, 2.05) is 25.1 Å². The van der Waals surface area contributed by atoms with Crippen LogP contribution in [0.5, 0.6) is 5.75 Å². The van der Waals surface area contributed by atoms with Gasteiger partial charge in [0.15, 0.2) is 0 Å². The SMILES string of the molecule is CCNCc1nc(C)ccc1OCc1sccc1Br. The molecular formula is C14H17BrN2OS. The van der Waals surface area contributed by atoms with Gasteiger partial charge in [0, 0.05) is 16.7 Å². The Labute approximate surface area is 126 Å². The molecule has 0 aliphatic rings. The van der Waals surface area contributed by atoms with E-state index in [1.165, 1.54) is 4.88 Å². The molecule has 0 bridgehead atoms. The second-order valence-corrected chi connectivity index (χ2v) is 6.01. The summed E-state index contributed by atoms with van der Waals surface area (Å²) in [7, 11) is 0. The van der Waals surface area contributed by atoms with Crippen LogP contribution in [0, 0.1) is 6.92 Å². The smallest absolute Gasteiger partial charge is 0.142 e. The highest BCUT2D eigenvalue weighted by Gasteiger charge is 2.08. The van der Waals surface area contributed by atoms with Crippen LogP contribution in [0.25, 0.3) is 0 Å². The molecule has 0 amide bonds. The second-order valence-electron chi connectivity index (χ2n) is 4.16. The van der Waals surface area contributed by atoms with Gasteiger partial charge in [-0.05, 0) is 53.0 Å². The maximum absolute atomic E-state index is 5.89. The van der Waals surface area contributed by atoms with Gasteiger partial charge in [0.25, 0.3) is 0 Å². The van der Waals surface area contributed by atoms with Crippen LogP contribution in [0.15, 0.2) is 28.1 Å². The highest BCUT2D eigenvalue weighted by Crippen LogP contribution is 2.25. The average molecular weight is 341 g/mol. The van der Waals surface area contributed by atoms with Gasteiger partial charge < -0.3 is 10.1 Å². The zero-order valence-corrected chi connectivity index (χ0v) is 13.5. The van der Waals surface area contributed by atoms with E-state index in [9.17, 15) is 0 Å². The van der Waals surface area contributed by atoms with Gasteiger partial charge in [0.05, 0.1) is 10.6 Å². The van der Waals surface area contributed by atoms with E-state index < -0.39 is 0 Å². The summed E-state index contributed by atoms with van der Waals surface area (Å²) in [6.45, 7) is 6.31. The fraction of sp³-hybridized carbons (Fsp3) is 0.357. The Morgan fingerprint density at radius 1 is 1.37 bits per heavy atom. The van der Waals surface area contributed by atoms with E-state index >= 15 is 0 Å². The van der Waals surface area contributed by atoms with Crippen molar-refractivity contribution in [1.82, 2.24) is 10.3 Å². The third kappa shape index (κ3) is 4.03. The molecule has 0 unspecified atom stereocenters. The standard InChI is InChI=1S/C14H17BrN2OS/c1-3-16-8-12-13(5-4-10(2)17-12)18-9-14-11(15)6-7-19-14/h4-7,16H,3,8-9H2,1-2H3. The van der Waals surface area contributed by atoms with Crippen LogP contribution in [0.2, 0.25) is 0 Å². The van der Waals surface area contributed by atoms with Gasteiger partial charge >= 0.3 is 0 Å². The largest absolute Gasteiger partial charge is 0.486 e. The molecule has 0 aromatic carbocycles. The lowest BCUT2D eigenvalue weighted by atomic mass is 10.3. The molecule has 1 N–H and O–H groups in total. The van der Waals surface area contributed by atoms with E-state index in [-0.39, 0.29) is 0 Å². The second kappa shape index (κ2) is 7.03. The molecule has 102 valence electrons. The predicted molar refractivity (Wildman–Crippen MR) is 82.7 cm³/mol. The zero-order chi connectivity index (χ0) is 13.7. The first-order chi connectivity index (χ1) is 9.20. The number of nitrogens with one attached hydrogen (secondary N) is 1. The Balaban J connectivity index is 2.08. The lowest BCUT2D eigenvalue weighted by molar-refractivity contribution is 0.303. The molecule has 5 heteroatoms. The molecule has 0 aliphatic carbocycles. The number of aromatic nitrogens is 1. The first kappa shape index (κ1) is 14.5. The maximum Gasteiger partial charge on any atom is 0.142 e. The number of nitrogens with zero attached hydrogens (tertiary/aromatic N) is 1. The molecule has 0 fully saturated rings. The molecule has 2 rings (SSSR count). The van der Waals surface area contributed by atoms with Crippen molar-refractivity contribution >= 4 is 27.3 Å². The third-order valence-corrected chi connectivity index (χ3v) is 4.56. The number of pyridine rings is 1. The summed E-state index contributed by atoms with van der Waals surface area (Å²) < 4.78 is 6.99. The summed E-state index contributed by atoms with van der Waals surface area (Å²) >= 11 is 5.20. The van der Waals surface area contributed by atoms with Crippen molar-refractivity contribution in [2.75, 3.05) is 6.54 Å². The van der Waals surface area contributed by atoms with E-state index in [2.05, 4.69) is 38.5 Å². The van der Waals surface area contributed by atoms with Crippen molar-refractivity contribution in [2.24, 2.45) is 0 Å². The molecule has 0 saturated heterocycles. The van der Waals surface area contributed by atoms with Gasteiger partial charge in [-0.2, -0.15) is 0 Å². The third-order valence-electron chi connectivity index (χ3n) is 2.66. The lowest BCUT2D eigenvalue weighted by Crippen LogP contribution is -2.14. The summed E-state index contributed by atoms with van der Waals surface area (Å²) in [6, 6.07) is 6.01. The van der Waals surface area contributed by atoms with Crippen molar-refractivity contribution in [2.45, 2.75) is 27.0 Å². The molecule has 2 aromatic rings. The highest BCUT2D eigenvalue weighted by molar-refractivity contribution is 9.10. The van der Waals surface area contributed by atoms with Crippen LogP contribution in [-0.4, -0.2) is 11.5 Å². The average Bonchev–Trinajstić information content (AvgIpc) is 2.81. The summed E-state index contributed by atoms with van der Waals surface area (Å²) in [5, 5.41) is 5.34. The van der Waals surface area contributed by atoms with Gasteiger partial charge in [-0.3, -0.25) is 4.98 Å². The number of hydrogen-bond acceptors (Lipinski definition) is 4. The van der Waals surface area contributed by atoms with Crippen molar-refractivity contribution in [3.63, 3.8) is 0 Å². The van der Waals surface area contributed by atoms with Crippen molar-refractivity contribution < 1.29 is 4.74 Å². The van der Waals surface area contributed by atoms with E-state index in [1.54, 1.807) is 11.3 Å². The maximum atomic E-state index is 5.89. The fourth-order valence-electron chi connectivity index (χ4n) is 1.67. The Kier molecular flexibility index (Phi) is 5.36. The van der Waals surface area contributed by atoms with E-state index in [0.29, 0.717) is 6.61 Å². The van der Waals surface area contributed by atoms with Crippen LogP contribution >= 0.6 is 27.3 Å². The highest BCUT2D eigenvalue weighted by atomic mass is 79.9. The number of halogens is 1. The minimum absolute atomic E-state index is 0.572. The van der Waals surface area contributed by atoms with E-state index in [0.717, 1.165) is 34.7 Å².